The molecule has 0 spiro atoms. The van der Waals surface area contributed by atoms with Crippen LogP contribution in [0.25, 0.3) is 0 Å². The Morgan fingerprint density at radius 1 is 1.35 bits per heavy atom. The second kappa shape index (κ2) is 6.94. The molecular weight excluding hydrogens is 300 g/mol. The van der Waals surface area contributed by atoms with E-state index in [9.17, 15) is 13.2 Å². The number of sulfone groups is 1. The Hall–Kier alpha value is -1.28. The van der Waals surface area contributed by atoms with Crippen molar-refractivity contribution in [2.45, 2.75) is 32.1 Å². The molecule has 3 N–H and O–H groups in total. The third-order valence-corrected chi connectivity index (χ3v) is 5.67. The maximum Gasteiger partial charge on any atom is 0.350 e. The van der Waals surface area contributed by atoms with E-state index in [1.165, 1.54) is 0 Å². The summed E-state index contributed by atoms with van der Waals surface area (Å²) in [5.41, 5.74) is 5.84. The molecule has 20 heavy (non-hydrogen) atoms. The van der Waals surface area contributed by atoms with E-state index < -0.39 is 15.8 Å². The van der Waals surface area contributed by atoms with Gasteiger partial charge in [0, 0.05) is 6.54 Å². The van der Waals surface area contributed by atoms with Crippen LogP contribution in [0, 0.1) is 0 Å². The zero-order valence-corrected chi connectivity index (χ0v) is 13.5. The van der Waals surface area contributed by atoms with Gasteiger partial charge >= 0.3 is 5.97 Å². The lowest BCUT2D eigenvalue weighted by Gasteiger charge is -2.06. The summed E-state index contributed by atoms with van der Waals surface area (Å²) < 4.78 is 29.2. The molecule has 0 bridgehead atoms. The van der Waals surface area contributed by atoms with Gasteiger partial charge in [-0.25, -0.2) is 13.2 Å². The Labute approximate surface area is 123 Å². The maximum absolute atomic E-state index is 12.1. The molecular formula is C12H20N2O4S2. The fourth-order valence-electron chi connectivity index (χ4n) is 1.59. The SMILES string of the molecule is CCCNc1sc(C(=O)OCC)c(N)c1S(=O)(=O)CC. The first-order valence-electron chi connectivity index (χ1n) is 6.44. The van der Waals surface area contributed by atoms with E-state index >= 15 is 0 Å². The lowest BCUT2D eigenvalue weighted by Crippen LogP contribution is -2.11. The van der Waals surface area contributed by atoms with Gasteiger partial charge in [0.2, 0.25) is 0 Å². The molecule has 8 heteroatoms. The minimum atomic E-state index is -3.50. The van der Waals surface area contributed by atoms with Gasteiger partial charge in [-0.1, -0.05) is 13.8 Å². The van der Waals surface area contributed by atoms with Crippen LogP contribution < -0.4 is 11.1 Å². The second-order valence-corrected chi connectivity index (χ2v) is 7.29. The van der Waals surface area contributed by atoms with E-state index in [1.54, 1.807) is 13.8 Å². The summed E-state index contributed by atoms with van der Waals surface area (Å²) in [6.07, 6.45) is 0.832. The molecule has 0 unspecified atom stereocenters. The summed E-state index contributed by atoms with van der Waals surface area (Å²) in [7, 11) is -3.50. The largest absolute Gasteiger partial charge is 0.462 e. The predicted molar refractivity (Wildman–Crippen MR) is 81.2 cm³/mol. The highest BCUT2D eigenvalue weighted by atomic mass is 32.2. The first kappa shape index (κ1) is 16.8. The number of carbonyl (C=O) groups is 1. The number of thiophene rings is 1. The average Bonchev–Trinajstić information content (AvgIpc) is 2.74. The number of anilines is 2. The highest BCUT2D eigenvalue weighted by Gasteiger charge is 2.29. The van der Waals surface area contributed by atoms with Crippen LogP contribution in [0.1, 0.15) is 36.9 Å². The van der Waals surface area contributed by atoms with Crippen molar-refractivity contribution in [2.75, 3.05) is 30.0 Å². The van der Waals surface area contributed by atoms with Crippen molar-refractivity contribution in [2.24, 2.45) is 0 Å². The van der Waals surface area contributed by atoms with Gasteiger partial charge in [0.15, 0.2) is 9.84 Å². The number of ether oxygens (including phenoxy) is 1. The van der Waals surface area contributed by atoms with Gasteiger partial charge in [0.1, 0.15) is 14.8 Å². The van der Waals surface area contributed by atoms with Crippen LogP contribution in [0.3, 0.4) is 0 Å². The number of hydrogen-bond donors (Lipinski definition) is 2. The smallest absolute Gasteiger partial charge is 0.350 e. The zero-order valence-electron chi connectivity index (χ0n) is 11.9. The van der Waals surface area contributed by atoms with Gasteiger partial charge < -0.3 is 15.8 Å². The first-order chi connectivity index (χ1) is 9.38. The molecule has 0 aliphatic heterocycles. The summed E-state index contributed by atoms with van der Waals surface area (Å²) in [6, 6.07) is 0. The second-order valence-electron chi connectivity index (χ2n) is 4.05. The van der Waals surface area contributed by atoms with Gasteiger partial charge in [-0.2, -0.15) is 0 Å². The quantitative estimate of drug-likeness (QED) is 0.747. The van der Waals surface area contributed by atoms with Crippen LogP contribution in [0.2, 0.25) is 0 Å². The van der Waals surface area contributed by atoms with Crippen LogP contribution in [-0.4, -0.2) is 33.3 Å². The van der Waals surface area contributed by atoms with Crippen LogP contribution in [0.5, 0.6) is 0 Å². The predicted octanol–water partition coefficient (Wildman–Crippen LogP) is 2.12. The van der Waals surface area contributed by atoms with Gasteiger partial charge in [-0.3, -0.25) is 0 Å². The molecule has 0 fully saturated rings. The lowest BCUT2D eigenvalue weighted by atomic mass is 10.4. The van der Waals surface area contributed by atoms with Crippen molar-refractivity contribution in [3.8, 4) is 0 Å². The minimum absolute atomic E-state index is 0.0153. The summed E-state index contributed by atoms with van der Waals surface area (Å²) in [5, 5.41) is 3.42. The van der Waals surface area contributed by atoms with E-state index in [1.807, 2.05) is 6.92 Å². The van der Waals surface area contributed by atoms with Gasteiger partial charge in [-0.15, -0.1) is 11.3 Å². The number of nitrogen functional groups attached to an aromatic ring is 1. The molecule has 0 aliphatic carbocycles. The minimum Gasteiger partial charge on any atom is -0.462 e. The number of esters is 1. The summed E-state index contributed by atoms with van der Waals surface area (Å²) in [5.74, 6) is -0.663. The number of nitrogens with two attached hydrogens (primary N) is 1. The lowest BCUT2D eigenvalue weighted by molar-refractivity contribution is 0.0533. The van der Waals surface area contributed by atoms with E-state index in [4.69, 9.17) is 10.5 Å². The molecule has 0 aliphatic rings. The van der Waals surface area contributed by atoms with Crippen molar-refractivity contribution in [3.63, 3.8) is 0 Å². The molecule has 0 radical (unpaired) electrons. The van der Waals surface area contributed by atoms with Crippen LogP contribution in [-0.2, 0) is 14.6 Å². The Kier molecular flexibility index (Phi) is 5.82. The average molecular weight is 320 g/mol. The topological polar surface area (TPSA) is 98.5 Å². The molecule has 1 rings (SSSR count). The van der Waals surface area contributed by atoms with Gasteiger partial charge in [0.25, 0.3) is 0 Å². The van der Waals surface area contributed by atoms with E-state index in [0.717, 1.165) is 17.8 Å². The molecule has 0 saturated carbocycles. The number of nitrogens with one attached hydrogen (secondary N) is 1. The fourth-order valence-corrected chi connectivity index (χ4v) is 4.17. The normalized spacial score (nSPS) is 11.3. The number of carbonyl (C=O) groups excluding carboxylic acids is 1. The molecule has 1 heterocycles. The van der Waals surface area contributed by atoms with Crippen molar-refractivity contribution >= 4 is 37.8 Å². The zero-order chi connectivity index (χ0) is 15.3. The Balaban J connectivity index is 3.35. The van der Waals surface area contributed by atoms with Crippen LogP contribution >= 0.6 is 11.3 Å². The first-order valence-corrected chi connectivity index (χ1v) is 8.91. The highest BCUT2D eigenvalue weighted by Crippen LogP contribution is 2.40. The Morgan fingerprint density at radius 2 is 2.00 bits per heavy atom. The molecule has 0 amide bonds. The molecule has 1 aromatic rings. The third-order valence-electron chi connectivity index (χ3n) is 2.59. The summed E-state index contributed by atoms with van der Waals surface area (Å²) in [4.78, 5) is 12.0. The molecule has 0 atom stereocenters. The standard InChI is InChI=1S/C12H20N2O4S2/c1-4-7-14-11-10(20(16,17)6-3)8(13)9(19-11)12(15)18-5-2/h14H,4-7,13H2,1-3H3. The third kappa shape index (κ3) is 3.43. The molecule has 1 aromatic heterocycles. The monoisotopic (exact) mass is 320 g/mol. The van der Waals surface area contributed by atoms with Crippen molar-refractivity contribution in [1.29, 1.82) is 0 Å². The van der Waals surface area contributed by atoms with Crippen LogP contribution in [0.15, 0.2) is 4.90 Å². The molecule has 0 aromatic carbocycles. The Morgan fingerprint density at radius 3 is 2.50 bits per heavy atom. The summed E-state index contributed by atoms with van der Waals surface area (Å²) in [6.45, 7) is 6.00. The van der Waals surface area contributed by atoms with Crippen molar-refractivity contribution < 1.29 is 17.9 Å². The number of hydrogen-bond acceptors (Lipinski definition) is 7. The molecule has 114 valence electrons. The van der Waals surface area contributed by atoms with Crippen molar-refractivity contribution in [1.82, 2.24) is 0 Å². The van der Waals surface area contributed by atoms with E-state index in [2.05, 4.69) is 5.32 Å². The van der Waals surface area contributed by atoms with Crippen molar-refractivity contribution in [3.05, 3.63) is 4.88 Å². The summed E-state index contributed by atoms with van der Waals surface area (Å²) >= 11 is 1.03. The number of rotatable bonds is 7. The van der Waals surface area contributed by atoms with E-state index in [-0.39, 0.29) is 27.8 Å². The maximum atomic E-state index is 12.1. The molecule has 6 nitrogen and oxygen atoms in total. The van der Waals surface area contributed by atoms with Crippen LogP contribution in [0.4, 0.5) is 10.7 Å². The van der Waals surface area contributed by atoms with Gasteiger partial charge in [0.05, 0.1) is 18.0 Å². The Bertz CT molecular complexity index is 579. The highest BCUT2D eigenvalue weighted by molar-refractivity contribution is 7.91. The van der Waals surface area contributed by atoms with E-state index in [0.29, 0.717) is 11.5 Å². The fraction of sp³-hybridized carbons (Fsp3) is 0.583. The molecule has 0 saturated heterocycles. The van der Waals surface area contributed by atoms with Gasteiger partial charge in [-0.05, 0) is 13.3 Å².